The summed E-state index contributed by atoms with van der Waals surface area (Å²) in [6, 6.07) is 11.1. The molecule has 0 saturated carbocycles. The van der Waals surface area contributed by atoms with Crippen LogP contribution in [-0.4, -0.2) is 28.0 Å². The summed E-state index contributed by atoms with van der Waals surface area (Å²) in [6.45, 7) is -0.261. The van der Waals surface area contributed by atoms with E-state index in [-0.39, 0.29) is 12.5 Å². The predicted molar refractivity (Wildman–Crippen MR) is 88.4 cm³/mol. The summed E-state index contributed by atoms with van der Waals surface area (Å²) < 4.78 is 36.4. The van der Waals surface area contributed by atoms with Gasteiger partial charge in [-0.1, -0.05) is 12.1 Å². The van der Waals surface area contributed by atoms with Crippen molar-refractivity contribution < 1.29 is 22.8 Å². The molecule has 0 saturated heterocycles. The summed E-state index contributed by atoms with van der Waals surface area (Å²) in [7, 11) is 0. The molecule has 26 heavy (non-hydrogen) atoms. The molecule has 0 fully saturated rings. The number of amides is 2. The molecule has 3 N–H and O–H groups in total. The number of H-pyrrole nitrogens is 1. The highest BCUT2D eigenvalue weighted by Gasteiger charge is 2.38. The normalized spacial score (nSPS) is 11.3. The van der Waals surface area contributed by atoms with Gasteiger partial charge in [0.05, 0.1) is 17.4 Å². The van der Waals surface area contributed by atoms with Crippen LogP contribution in [-0.2, 0) is 11.3 Å². The minimum Gasteiger partial charge on any atom is -0.345 e. The third-order valence-electron chi connectivity index (χ3n) is 3.60. The zero-order valence-corrected chi connectivity index (χ0v) is 13.2. The smallest absolute Gasteiger partial charge is 0.345 e. The Morgan fingerprint density at radius 3 is 2.50 bits per heavy atom. The van der Waals surface area contributed by atoms with Crippen molar-refractivity contribution in [2.45, 2.75) is 12.7 Å². The maximum Gasteiger partial charge on any atom is 0.471 e. The number of halogens is 3. The summed E-state index contributed by atoms with van der Waals surface area (Å²) in [4.78, 5) is 30.0. The van der Waals surface area contributed by atoms with E-state index in [1.807, 2.05) is 0 Å². The largest absolute Gasteiger partial charge is 0.471 e. The molecule has 0 radical (unpaired) electrons. The Kier molecular flexibility index (Phi) is 4.61. The minimum absolute atomic E-state index is 0.261. The molecule has 9 heteroatoms. The molecular formula is C17H13F3N4O2. The molecule has 0 atom stereocenters. The molecule has 0 unspecified atom stereocenters. The van der Waals surface area contributed by atoms with Crippen molar-refractivity contribution in [1.82, 2.24) is 15.3 Å². The van der Waals surface area contributed by atoms with Crippen LogP contribution in [0.2, 0.25) is 0 Å². The number of hydrogen-bond donors (Lipinski definition) is 3. The number of alkyl halides is 3. The van der Waals surface area contributed by atoms with Gasteiger partial charge in [0, 0.05) is 17.8 Å². The molecule has 3 aromatic rings. The van der Waals surface area contributed by atoms with Gasteiger partial charge in [0.1, 0.15) is 0 Å². The predicted octanol–water partition coefficient (Wildman–Crippen LogP) is 2.99. The first-order valence-electron chi connectivity index (χ1n) is 7.51. The van der Waals surface area contributed by atoms with Crippen LogP contribution in [0.1, 0.15) is 15.9 Å². The van der Waals surface area contributed by atoms with Crippen LogP contribution in [0.4, 0.5) is 18.9 Å². The molecule has 0 aliphatic carbocycles. The van der Waals surface area contributed by atoms with E-state index in [9.17, 15) is 22.8 Å². The van der Waals surface area contributed by atoms with Gasteiger partial charge in [0.25, 0.3) is 5.91 Å². The van der Waals surface area contributed by atoms with Crippen LogP contribution >= 0.6 is 0 Å². The molecule has 0 bridgehead atoms. The number of rotatable bonds is 4. The number of benzene rings is 2. The highest BCUT2D eigenvalue weighted by molar-refractivity contribution is 6.05. The van der Waals surface area contributed by atoms with Crippen molar-refractivity contribution in [1.29, 1.82) is 0 Å². The number of hydrogen-bond acceptors (Lipinski definition) is 3. The average Bonchev–Trinajstić information content (AvgIpc) is 3.07. The number of aromatic amines is 1. The lowest BCUT2D eigenvalue weighted by atomic mass is 10.1. The Labute approximate surface area is 145 Å². The average molecular weight is 362 g/mol. The van der Waals surface area contributed by atoms with E-state index >= 15 is 0 Å². The second-order valence-corrected chi connectivity index (χ2v) is 5.47. The van der Waals surface area contributed by atoms with Crippen molar-refractivity contribution in [2.24, 2.45) is 0 Å². The lowest BCUT2D eigenvalue weighted by Gasteiger charge is -2.09. The molecule has 0 spiro atoms. The number of aromatic nitrogens is 2. The van der Waals surface area contributed by atoms with E-state index in [1.54, 1.807) is 35.6 Å². The van der Waals surface area contributed by atoms with Gasteiger partial charge in [-0.25, -0.2) is 4.98 Å². The van der Waals surface area contributed by atoms with Crippen LogP contribution in [0.5, 0.6) is 0 Å². The summed E-state index contributed by atoms with van der Waals surface area (Å²) in [5.41, 5.74) is 2.86. The molecule has 1 aromatic heterocycles. The van der Waals surface area contributed by atoms with Crippen molar-refractivity contribution in [3.05, 3.63) is 59.9 Å². The van der Waals surface area contributed by atoms with E-state index in [0.717, 1.165) is 11.0 Å². The molecule has 2 aromatic carbocycles. The molecule has 0 aliphatic heterocycles. The minimum atomic E-state index is -4.91. The first-order valence-corrected chi connectivity index (χ1v) is 7.51. The quantitative estimate of drug-likeness (QED) is 0.667. The second-order valence-electron chi connectivity index (χ2n) is 5.47. The number of fused-ring (bicyclic) bond motifs is 1. The number of imidazole rings is 1. The fraction of sp³-hybridized carbons (Fsp3) is 0.118. The lowest BCUT2D eigenvalue weighted by molar-refractivity contribution is -0.173. The van der Waals surface area contributed by atoms with Gasteiger partial charge in [-0.3, -0.25) is 9.59 Å². The van der Waals surface area contributed by atoms with E-state index in [1.165, 1.54) is 18.5 Å². The molecule has 3 rings (SSSR count). The number of anilines is 1. The van der Waals surface area contributed by atoms with Gasteiger partial charge in [0.15, 0.2) is 0 Å². The first-order chi connectivity index (χ1) is 12.3. The van der Waals surface area contributed by atoms with Gasteiger partial charge in [0.2, 0.25) is 0 Å². The molecular weight excluding hydrogens is 349 g/mol. The monoisotopic (exact) mass is 362 g/mol. The van der Waals surface area contributed by atoms with Crippen LogP contribution in [0, 0.1) is 0 Å². The zero-order chi connectivity index (χ0) is 18.7. The Morgan fingerprint density at radius 1 is 1.08 bits per heavy atom. The lowest BCUT2D eigenvalue weighted by Crippen LogP contribution is -2.36. The maximum absolute atomic E-state index is 12.3. The summed E-state index contributed by atoms with van der Waals surface area (Å²) in [5.74, 6) is -2.33. The molecule has 1 heterocycles. The SMILES string of the molecule is O=C(Nc1ccc(CNC(=O)C(F)(F)F)cc1)c1ccc2nc[nH]c2c1. The highest BCUT2D eigenvalue weighted by Crippen LogP contribution is 2.16. The molecule has 6 nitrogen and oxygen atoms in total. The highest BCUT2D eigenvalue weighted by atomic mass is 19.4. The Bertz CT molecular complexity index is 949. The Balaban J connectivity index is 1.61. The van der Waals surface area contributed by atoms with E-state index in [2.05, 4.69) is 15.3 Å². The third-order valence-corrected chi connectivity index (χ3v) is 3.60. The fourth-order valence-corrected chi connectivity index (χ4v) is 2.27. The molecule has 134 valence electrons. The van der Waals surface area contributed by atoms with Crippen LogP contribution in [0.25, 0.3) is 11.0 Å². The number of nitrogens with one attached hydrogen (secondary N) is 3. The number of carbonyl (C=O) groups excluding carboxylic acids is 2. The van der Waals surface area contributed by atoms with E-state index in [0.29, 0.717) is 16.8 Å². The zero-order valence-electron chi connectivity index (χ0n) is 13.2. The fourth-order valence-electron chi connectivity index (χ4n) is 2.27. The van der Waals surface area contributed by atoms with Crippen molar-refractivity contribution in [2.75, 3.05) is 5.32 Å². The molecule has 2 amide bonds. The van der Waals surface area contributed by atoms with Crippen molar-refractivity contribution in [3.8, 4) is 0 Å². The summed E-state index contributed by atoms with van der Waals surface area (Å²) in [5, 5.41) is 4.47. The Morgan fingerprint density at radius 2 is 1.81 bits per heavy atom. The standard InChI is InChI=1S/C17H13F3N4O2/c18-17(19,20)16(26)21-8-10-1-4-12(5-2-10)24-15(25)11-3-6-13-14(7-11)23-9-22-13/h1-7,9H,8H2,(H,21,26)(H,22,23)(H,24,25). The van der Waals surface area contributed by atoms with E-state index in [4.69, 9.17) is 0 Å². The maximum atomic E-state index is 12.3. The van der Waals surface area contributed by atoms with Gasteiger partial charge >= 0.3 is 12.1 Å². The summed E-state index contributed by atoms with van der Waals surface area (Å²) >= 11 is 0. The number of carbonyl (C=O) groups is 2. The van der Waals surface area contributed by atoms with Gasteiger partial charge in [-0.2, -0.15) is 13.2 Å². The van der Waals surface area contributed by atoms with Gasteiger partial charge in [-0.15, -0.1) is 0 Å². The van der Waals surface area contributed by atoms with E-state index < -0.39 is 12.1 Å². The first kappa shape index (κ1) is 17.5. The van der Waals surface area contributed by atoms with Crippen LogP contribution < -0.4 is 10.6 Å². The Hall–Kier alpha value is -3.36. The topological polar surface area (TPSA) is 86.9 Å². The second kappa shape index (κ2) is 6.87. The molecule has 0 aliphatic rings. The van der Waals surface area contributed by atoms with Crippen molar-refractivity contribution in [3.63, 3.8) is 0 Å². The number of nitrogens with zero attached hydrogens (tertiary/aromatic N) is 1. The van der Waals surface area contributed by atoms with Gasteiger partial charge in [-0.05, 0) is 35.9 Å². The van der Waals surface area contributed by atoms with Gasteiger partial charge < -0.3 is 15.6 Å². The van der Waals surface area contributed by atoms with Crippen LogP contribution in [0.15, 0.2) is 48.8 Å². The van der Waals surface area contributed by atoms with Crippen LogP contribution in [0.3, 0.4) is 0 Å². The van der Waals surface area contributed by atoms with Crippen molar-refractivity contribution >= 4 is 28.5 Å². The third kappa shape index (κ3) is 4.00. The summed E-state index contributed by atoms with van der Waals surface area (Å²) in [6.07, 6.45) is -3.38.